The summed E-state index contributed by atoms with van der Waals surface area (Å²) in [5.41, 5.74) is 1.76. The van der Waals surface area contributed by atoms with Crippen LogP contribution in [0.1, 0.15) is 16.2 Å². The number of benzene rings is 1. The molecule has 3 rings (SSSR count). The van der Waals surface area contributed by atoms with E-state index in [0.717, 1.165) is 16.8 Å². The number of hydrogen-bond acceptors (Lipinski definition) is 3. The summed E-state index contributed by atoms with van der Waals surface area (Å²) in [6, 6.07) is 9.60. The van der Waals surface area contributed by atoms with Crippen LogP contribution in [0.3, 0.4) is 0 Å². The molecule has 0 bridgehead atoms. The number of nitrogens with zero attached hydrogens (tertiary/aromatic N) is 2. The van der Waals surface area contributed by atoms with Crippen LogP contribution in [-0.4, -0.2) is 20.9 Å². The zero-order valence-electron chi connectivity index (χ0n) is 9.62. The van der Waals surface area contributed by atoms with Gasteiger partial charge in [0.15, 0.2) is 5.69 Å². The van der Waals surface area contributed by atoms with Crippen LogP contribution in [0.25, 0.3) is 15.8 Å². The van der Waals surface area contributed by atoms with E-state index in [1.54, 1.807) is 22.1 Å². The summed E-state index contributed by atoms with van der Waals surface area (Å²) in [7, 11) is 0. The standard InChI is InChI=1S/C13H10N2O2S/c1-8-6-11(13(16)17)14-15(8)10-2-3-12-9(7-10)4-5-18-12/h2-7H,1H3,(H,16,17). The maximum absolute atomic E-state index is 10.9. The highest BCUT2D eigenvalue weighted by Gasteiger charge is 2.11. The SMILES string of the molecule is Cc1cc(C(=O)O)nn1-c1ccc2sccc2c1. The minimum atomic E-state index is -1.01. The number of carbonyl (C=O) groups is 1. The molecule has 3 aromatic rings. The van der Waals surface area contributed by atoms with Crippen LogP contribution in [0, 0.1) is 6.92 Å². The van der Waals surface area contributed by atoms with E-state index in [4.69, 9.17) is 5.11 Å². The summed E-state index contributed by atoms with van der Waals surface area (Å²) in [5.74, 6) is -1.01. The predicted molar refractivity (Wildman–Crippen MR) is 70.6 cm³/mol. The van der Waals surface area contributed by atoms with Gasteiger partial charge < -0.3 is 5.11 Å². The van der Waals surface area contributed by atoms with E-state index >= 15 is 0 Å². The third-order valence-corrected chi connectivity index (χ3v) is 3.68. The van der Waals surface area contributed by atoms with Crippen molar-refractivity contribution in [1.29, 1.82) is 0 Å². The van der Waals surface area contributed by atoms with Crippen molar-refractivity contribution in [2.75, 3.05) is 0 Å². The number of aryl methyl sites for hydroxylation is 1. The van der Waals surface area contributed by atoms with Gasteiger partial charge in [-0.25, -0.2) is 9.48 Å². The number of hydrogen-bond donors (Lipinski definition) is 1. The fraction of sp³-hybridized carbons (Fsp3) is 0.0769. The third kappa shape index (κ3) is 1.69. The summed E-state index contributed by atoms with van der Waals surface area (Å²) in [6.07, 6.45) is 0. The number of thiophene rings is 1. The summed E-state index contributed by atoms with van der Waals surface area (Å²) in [6.45, 7) is 1.84. The van der Waals surface area contributed by atoms with E-state index < -0.39 is 5.97 Å². The third-order valence-electron chi connectivity index (χ3n) is 2.79. The first-order valence-electron chi connectivity index (χ1n) is 5.43. The molecule has 0 aliphatic heterocycles. The lowest BCUT2D eigenvalue weighted by molar-refractivity contribution is 0.0690. The van der Waals surface area contributed by atoms with E-state index in [-0.39, 0.29) is 5.69 Å². The Balaban J connectivity index is 2.15. The molecule has 0 radical (unpaired) electrons. The predicted octanol–water partition coefficient (Wildman–Crippen LogP) is 3.09. The maximum Gasteiger partial charge on any atom is 0.356 e. The highest BCUT2D eigenvalue weighted by atomic mass is 32.1. The van der Waals surface area contributed by atoms with Crippen molar-refractivity contribution in [3.05, 3.63) is 47.1 Å². The molecular weight excluding hydrogens is 248 g/mol. The second-order valence-electron chi connectivity index (χ2n) is 4.03. The summed E-state index contributed by atoms with van der Waals surface area (Å²) in [5, 5.41) is 16.2. The molecule has 0 fully saturated rings. The largest absolute Gasteiger partial charge is 0.476 e. The number of fused-ring (bicyclic) bond motifs is 1. The molecule has 0 saturated carbocycles. The zero-order valence-corrected chi connectivity index (χ0v) is 10.4. The molecule has 0 amide bonds. The van der Waals surface area contributed by atoms with Gasteiger partial charge in [-0.3, -0.25) is 0 Å². The van der Waals surface area contributed by atoms with Gasteiger partial charge in [0.05, 0.1) is 5.69 Å². The fourth-order valence-corrected chi connectivity index (χ4v) is 2.70. The Morgan fingerprint density at radius 2 is 2.17 bits per heavy atom. The van der Waals surface area contributed by atoms with Gasteiger partial charge >= 0.3 is 5.97 Å². The van der Waals surface area contributed by atoms with Gasteiger partial charge in [-0.1, -0.05) is 0 Å². The van der Waals surface area contributed by atoms with Gasteiger partial charge in [0, 0.05) is 10.4 Å². The summed E-state index contributed by atoms with van der Waals surface area (Å²) >= 11 is 1.68. The second kappa shape index (κ2) is 3.96. The number of aromatic nitrogens is 2. The van der Waals surface area contributed by atoms with Crippen molar-refractivity contribution in [2.24, 2.45) is 0 Å². The van der Waals surface area contributed by atoms with Gasteiger partial charge in [-0.2, -0.15) is 5.10 Å². The molecule has 0 saturated heterocycles. The Kier molecular flexibility index (Phi) is 2.41. The Bertz CT molecular complexity index is 742. The van der Waals surface area contributed by atoms with Crippen LogP contribution in [0.5, 0.6) is 0 Å². The molecule has 1 aromatic carbocycles. The summed E-state index contributed by atoms with van der Waals surface area (Å²) in [4.78, 5) is 10.9. The monoisotopic (exact) mass is 258 g/mol. The Labute approximate surface area is 107 Å². The number of aromatic carboxylic acids is 1. The molecule has 0 aliphatic carbocycles. The Morgan fingerprint density at radius 1 is 1.33 bits per heavy atom. The van der Waals surface area contributed by atoms with E-state index in [1.807, 2.05) is 36.6 Å². The lowest BCUT2D eigenvalue weighted by atomic mass is 10.2. The van der Waals surface area contributed by atoms with Crippen molar-refractivity contribution in [2.45, 2.75) is 6.92 Å². The zero-order chi connectivity index (χ0) is 12.7. The van der Waals surface area contributed by atoms with Crippen LogP contribution in [0.15, 0.2) is 35.7 Å². The van der Waals surface area contributed by atoms with E-state index in [9.17, 15) is 4.79 Å². The van der Waals surface area contributed by atoms with Crippen molar-refractivity contribution in [1.82, 2.24) is 9.78 Å². The van der Waals surface area contributed by atoms with Crippen LogP contribution in [0.4, 0.5) is 0 Å². The molecule has 5 heteroatoms. The number of carboxylic acids is 1. The van der Waals surface area contributed by atoms with Gasteiger partial charge in [0.25, 0.3) is 0 Å². The lowest BCUT2D eigenvalue weighted by Gasteiger charge is -2.03. The van der Waals surface area contributed by atoms with Gasteiger partial charge in [-0.05, 0) is 48.0 Å². The highest BCUT2D eigenvalue weighted by Crippen LogP contribution is 2.24. The molecule has 2 heterocycles. The van der Waals surface area contributed by atoms with Crippen LogP contribution in [0.2, 0.25) is 0 Å². The molecule has 0 aliphatic rings. The van der Waals surface area contributed by atoms with E-state index in [0.29, 0.717) is 0 Å². The maximum atomic E-state index is 10.9. The Hall–Kier alpha value is -2.14. The average molecular weight is 258 g/mol. The van der Waals surface area contributed by atoms with Gasteiger partial charge in [0.2, 0.25) is 0 Å². The molecular formula is C13H10N2O2S. The van der Waals surface area contributed by atoms with Gasteiger partial charge in [-0.15, -0.1) is 11.3 Å². The van der Waals surface area contributed by atoms with Crippen LogP contribution >= 0.6 is 11.3 Å². The molecule has 1 N–H and O–H groups in total. The van der Waals surface area contributed by atoms with Gasteiger partial charge in [0.1, 0.15) is 0 Å². The molecule has 90 valence electrons. The molecule has 2 aromatic heterocycles. The van der Waals surface area contributed by atoms with Crippen LogP contribution < -0.4 is 0 Å². The molecule has 0 spiro atoms. The van der Waals surface area contributed by atoms with E-state index in [2.05, 4.69) is 5.10 Å². The molecule has 4 nitrogen and oxygen atoms in total. The topological polar surface area (TPSA) is 55.1 Å². The highest BCUT2D eigenvalue weighted by molar-refractivity contribution is 7.17. The second-order valence-corrected chi connectivity index (χ2v) is 4.98. The first kappa shape index (κ1) is 11.0. The first-order chi connectivity index (χ1) is 8.65. The van der Waals surface area contributed by atoms with Crippen molar-refractivity contribution in [3.8, 4) is 5.69 Å². The van der Waals surface area contributed by atoms with Crippen molar-refractivity contribution < 1.29 is 9.90 Å². The normalized spacial score (nSPS) is 10.9. The first-order valence-corrected chi connectivity index (χ1v) is 6.31. The minimum absolute atomic E-state index is 0.0675. The average Bonchev–Trinajstić information content (AvgIpc) is 2.93. The van der Waals surface area contributed by atoms with Crippen molar-refractivity contribution in [3.63, 3.8) is 0 Å². The summed E-state index contributed by atoms with van der Waals surface area (Å²) < 4.78 is 2.86. The van der Waals surface area contributed by atoms with E-state index in [1.165, 1.54) is 4.70 Å². The number of carboxylic acid groups (broad SMARTS) is 1. The number of rotatable bonds is 2. The smallest absolute Gasteiger partial charge is 0.356 e. The van der Waals surface area contributed by atoms with Crippen molar-refractivity contribution >= 4 is 27.4 Å². The fourth-order valence-electron chi connectivity index (χ4n) is 1.93. The molecule has 18 heavy (non-hydrogen) atoms. The minimum Gasteiger partial charge on any atom is -0.476 e. The van der Waals surface area contributed by atoms with Crippen LogP contribution in [-0.2, 0) is 0 Å². The molecule has 0 unspecified atom stereocenters. The molecule has 0 atom stereocenters. The Morgan fingerprint density at radius 3 is 2.89 bits per heavy atom. The quantitative estimate of drug-likeness (QED) is 0.768. The lowest BCUT2D eigenvalue weighted by Crippen LogP contribution is -2.02.